The van der Waals surface area contributed by atoms with Crippen LogP contribution < -0.4 is 9.47 Å². The Morgan fingerprint density at radius 3 is 2.96 bits per heavy atom. The second kappa shape index (κ2) is 5.51. The van der Waals surface area contributed by atoms with Crippen molar-refractivity contribution in [2.24, 2.45) is 0 Å². The summed E-state index contributed by atoms with van der Waals surface area (Å²) >= 11 is 0. The topological polar surface area (TPSA) is 67.5 Å². The van der Waals surface area contributed by atoms with E-state index in [1.54, 1.807) is 18.2 Å². The zero-order chi connectivity index (χ0) is 16.8. The van der Waals surface area contributed by atoms with Crippen molar-refractivity contribution >= 4 is 16.9 Å². The fourth-order valence-electron chi connectivity index (χ4n) is 3.62. The summed E-state index contributed by atoms with van der Waals surface area (Å²) in [7, 11) is 0. The van der Waals surface area contributed by atoms with Gasteiger partial charge in [-0.2, -0.15) is 0 Å². The van der Waals surface area contributed by atoms with Gasteiger partial charge in [-0.3, -0.25) is 4.79 Å². The third kappa shape index (κ3) is 2.33. The Balaban J connectivity index is 1.47. The summed E-state index contributed by atoms with van der Waals surface area (Å²) in [6, 6.07) is 13.3. The number of imidazole rings is 1. The summed E-state index contributed by atoms with van der Waals surface area (Å²) in [5.41, 5.74) is 2.55. The number of ether oxygens (including phenoxy) is 2. The number of fused-ring (bicyclic) bond motifs is 2. The molecule has 2 aliphatic rings. The quantitative estimate of drug-likeness (QED) is 0.780. The number of benzene rings is 2. The molecule has 2 aromatic carbocycles. The number of carbonyl (C=O) groups excluding carboxylic acids is 1. The summed E-state index contributed by atoms with van der Waals surface area (Å²) in [5.74, 6) is 2.17. The average molecular weight is 335 g/mol. The number of aromatic nitrogens is 2. The van der Waals surface area contributed by atoms with Crippen LogP contribution in [0.3, 0.4) is 0 Å². The number of para-hydroxylation sites is 2. The Morgan fingerprint density at radius 1 is 1.16 bits per heavy atom. The first-order chi connectivity index (χ1) is 12.3. The Bertz CT molecular complexity index is 932. The van der Waals surface area contributed by atoms with Gasteiger partial charge in [0.05, 0.1) is 17.1 Å². The van der Waals surface area contributed by atoms with Crippen LogP contribution in [0.25, 0.3) is 11.0 Å². The van der Waals surface area contributed by atoms with E-state index in [0.717, 1.165) is 36.2 Å². The van der Waals surface area contributed by atoms with Crippen LogP contribution in [0.4, 0.5) is 0 Å². The van der Waals surface area contributed by atoms with Crippen molar-refractivity contribution in [2.75, 3.05) is 13.3 Å². The second-order valence-electron chi connectivity index (χ2n) is 6.36. The monoisotopic (exact) mass is 335 g/mol. The van der Waals surface area contributed by atoms with E-state index < -0.39 is 0 Å². The number of carbonyl (C=O) groups is 1. The zero-order valence-corrected chi connectivity index (χ0v) is 13.6. The smallest absolute Gasteiger partial charge is 0.254 e. The molecule has 1 atom stereocenters. The molecule has 0 spiro atoms. The fourth-order valence-corrected chi connectivity index (χ4v) is 3.62. The highest BCUT2D eigenvalue weighted by Crippen LogP contribution is 2.36. The van der Waals surface area contributed by atoms with Crippen LogP contribution in [0, 0.1) is 0 Å². The molecule has 0 aliphatic carbocycles. The first kappa shape index (κ1) is 14.3. The van der Waals surface area contributed by atoms with Crippen LogP contribution >= 0.6 is 0 Å². The molecule has 1 amide bonds. The molecule has 6 heteroatoms. The van der Waals surface area contributed by atoms with Crippen LogP contribution in [0.1, 0.15) is 35.1 Å². The highest BCUT2D eigenvalue weighted by atomic mass is 16.7. The molecule has 126 valence electrons. The lowest BCUT2D eigenvalue weighted by Crippen LogP contribution is -2.31. The van der Waals surface area contributed by atoms with Gasteiger partial charge in [-0.05, 0) is 43.2 Å². The van der Waals surface area contributed by atoms with E-state index in [9.17, 15) is 4.79 Å². The molecule has 25 heavy (non-hydrogen) atoms. The Labute approximate surface area is 144 Å². The van der Waals surface area contributed by atoms with Gasteiger partial charge in [-0.15, -0.1) is 0 Å². The fraction of sp³-hybridized carbons (Fsp3) is 0.263. The van der Waals surface area contributed by atoms with Gasteiger partial charge in [0, 0.05) is 12.1 Å². The standard InChI is InChI=1S/C19H17N3O3/c23-19(12-7-8-16-17(10-12)25-11-24-16)22-9-3-6-15(22)18-20-13-4-1-2-5-14(13)21-18/h1-2,4-5,7-8,10,15H,3,6,9,11H2,(H,20,21)/t15-/m1/s1. The van der Waals surface area contributed by atoms with Crippen molar-refractivity contribution in [1.29, 1.82) is 0 Å². The van der Waals surface area contributed by atoms with E-state index in [1.165, 1.54) is 0 Å². The normalized spacial score (nSPS) is 18.9. The van der Waals surface area contributed by atoms with Crippen LogP contribution in [-0.4, -0.2) is 34.1 Å². The maximum Gasteiger partial charge on any atom is 0.254 e. The molecule has 1 N–H and O–H groups in total. The molecular formula is C19H17N3O3. The Kier molecular flexibility index (Phi) is 3.16. The lowest BCUT2D eigenvalue weighted by Gasteiger charge is -2.23. The number of nitrogens with one attached hydrogen (secondary N) is 1. The summed E-state index contributed by atoms with van der Waals surface area (Å²) in [6.45, 7) is 0.938. The first-order valence-corrected chi connectivity index (χ1v) is 8.45. The Morgan fingerprint density at radius 2 is 2.04 bits per heavy atom. The molecular weight excluding hydrogens is 318 g/mol. The molecule has 3 heterocycles. The lowest BCUT2D eigenvalue weighted by molar-refractivity contribution is 0.0730. The zero-order valence-electron chi connectivity index (χ0n) is 13.6. The maximum absolute atomic E-state index is 13.0. The van der Waals surface area contributed by atoms with E-state index in [1.807, 2.05) is 29.2 Å². The Hall–Kier alpha value is -3.02. The van der Waals surface area contributed by atoms with Crippen molar-refractivity contribution in [2.45, 2.75) is 18.9 Å². The lowest BCUT2D eigenvalue weighted by atomic mass is 10.1. The van der Waals surface area contributed by atoms with Gasteiger partial charge in [0.15, 0.2) is 11.5 Å². The van der Waals surface area contributed by atoms with Gasteiger partial charge in [-0.25, -0.2) is 4.98 Å². The average Bonchev–Trinajstić information content (AvgIpc) is 3.37. The second-order valence-corrected chi connectivity index (χ2v) is 6.36. The molecule has 0 unspecified atom stereocenters. The van der Waals surface area contributed by atoms with E-state index in [2.05, 4.69) is 9.97 Å². The predicted molar refractivity (Wildman–Crippen MR) is 91.7 cm³/mol. The molecule has 3 aromatic rings. The minimum absolute atomic E-state index is 0.00116. The molecule has 1 fully saturated rings. The number of aromatic amines is 1. The van der Waals surface area contributed by atoms with Crippen LogP contribution in [0.15, 0.2) is 42.5 Å². The molecule has 1 saturated heterocycles. The third-order valence-electron chi connectivity index (χ3n) is 4.86. The molecule has 6 nitrogen and oxygen atoms in total. The van der Waals surface area contributed by atoms with E-state index in [4.69, 9.17) is 9.47 Å². The largest absolute Gasteiger partial charge is 0.454 e. The highest BCUT2D eigenvalue weighted by molar-refractivity contribution is 5.95. The van der Waals surface area contributed by atoms with Gasteiger partial charge in [-0.1, -0.05) is 12.1 Å². The number of likely N-dealkylation sites (tertiary alicyclic amines) is 1. The van der Waals surface area contributed by atoms with Gasteiger partial charge >= 0.3 is 0 Å². The molecule has 1 aromatic heterocycles. The summed E-state index contributed by atoms with van der Waals surface area (Å²) in [5, 5.41) is 0. The van der Waals surface area contributed by atoms with Gasteiger partial charge < -0.3 is 19.4 Å². The molecule has 2 aliphatic heterocycles. The molecule has 5 rings (SSSR count). The number of nitrogens with zero attached hydrogens (tertiary/aromatic N) is 2. The number of amides is 1. The van der Waals surface area contributed by atoms with E-state index in [-0.39, 0.29) is 18.7 Å². The first-order valence-electron chi connectivity index (χ1n) is 8.45. The number of hydrogen-bond donors (Lipinski definition) is 1. The van der Waals surface area contributed by atoms with Crippen molar-refractivity contribution < 1.29 is 14.3 Å². The van der Waals surface area contributed by atoms with Crippen molar-refractivity contribution in [3.05, 3.63) is 53.9 Å². The minimum Gasteiger partial charge on any atom is -0.454 e. The molecule has 0 bridgehead atoms. The maximum atomic E-state index is 13.0. The van der Waals surface area contributed by atoms with Crippen molar-refractivity contribution in [1.82, 2.24) is 14.9 Å². The van der Waals surface area contributed by atoms with E-state index in [0.29, 0.717) is 17.1 Å². The van der Waals surface area contributed by atoms with Crippen molar-refractivity contribution in [3.63, 3.8) is 0 Å². The molecule has 0 saturated carbocycles. The summed E-state index contributed by atoms with van der Waals surface area (Å²) in [6.07, 6.45) is 1.88. The SMILES string of the molecule is O=C(c1ccc2c(c1)OCO2)N1CCC[C@@H]1c1nc2ccccc2[nH]1. The number of hydrogen-bond acceptors (Lipinski definition) is 4. The van der Waals surface area contributed by atoms with Crippen molar-refractivity contribution in [3.8, 4) is 11.5 Å². The van der Waals surface area contributed by atoms with Gasteiger partial charge in [0.25, 0.3) is 5.91 Å². The molecule has 0 radical (unpaired) electrons. The summed E-state index contributed by atoms with van der Waals surface area (Å²) < 4.78 is 10.7. The minimum atomic E-state index is -0.0228. The van der Waals surface area contributed by atoms with E-state index >= 15 is 0 Å². The number of H-pyrrole nitrogens is 1. The van der Waals surface area contributed by atoms with Gasteiger partial charge in [0.2, 0.25) is 6.79 Å². The third-order valence-corrected chi connectivity index (χ3v) is 4.86. The van der Waals surface area contributed by atoms with Crippen LogP contribution in [-0.2, 0) is 0 Å². The number of rotatable bonds is 2. The predicted octanol–water partition coefficient (Wildman–Crippen LogP) is 3.27. The highest BCUT2D eigenvalue weighted by Gasteiger charge is 2.33. The van der Waals surface area contributed by atoms with Crippen LogP contribution in [0.2, 0.25) is 0 Å². The van der Waals surface area contributed by atoms with Crippen LogP contribution in [0.5, 0.6) is 11.5 Å². The van der Waals surface area contributed by atoms with Gasteiger partial charge in [0.1, 0.15) is 5.82 Å². The summed E-state index contributed by atoms with van der Waals surface area (Å²) in [4.78, 5) is 23.0.